The van der Waals surface area contributed by atoms with Crippen molar-refractivity contribution in [2.45, 2.75) is 12.5 Å². The van der Waals surface area contributed by atoms with Crippen molar-refractivity contribution in [3.63, 3.8) is 0 Å². The zero-order chi connectivity index (χ0) is 16.9. The molecular weight excluding hydrogens is 298 g/mol. The lowest BCUT2D eigenvalue weighted by atomic mass is 9.94. The third-order valence-corrected chi connectivity index (χ3v) is 3.98. The molecule has 0 saturated carbocycles. The van der Waals surface area contributed by atoms with E-state index < -0.39 is 12.0 Å². The first-order valence-corrected chi connectivity index (χ1v) is 7.86. The van der Waals surface area contributed by atoms with Gasteiger partial charge in [-0.05, 0) is 40.3 Å². The fraction of sp³-hybridized carbons (Fsp3) is 0.0952. The average Bonchev–Trinajstić information content (AvgIpc) is 2.63. The summed E-state index contributed by atoms with van der Waals surface area (Å²) in [6, 6.07) is 25.4. The first-order valence-electron chi connectivity index (χ1n) is 7.86. The molecule has 120 valence electrons. The van der Waals surface area contributed by atoms with Gasteiger partial charge in [-0.2, -0.15) is 0 Å². The van der Waals surface area contributed by atoms with Crippen molar-refractivity contribution in [2.24, 2.45) is 5.73 Å². The number of benzene rings is 3. The highest BCUT2D eigenvalue weighted by Gasteiger charge is 2.14. The van der Waals surface area contributed by atoms with Gasteiger partial charge in [0.2, 0.25) is 0 Å². The minimum Gasteiger partial charge on any atom is -0.480 e. The van der Waals surface area contributed by atoms with Crippen LogP contribution in [0.4, 0.5) is 0 Å². The van der Waals surface area contributed by atoms with E-state index in [2.05, 4.69) is 6.07 Å². The number of hydrogen-bond acceptors (Lipinski definition) is 2. The molecule has 3 aromatic carbocycles. The molecule has 0 saturated heterocycles. The minimum absolute atomic E-state index is 0.301. The summed E-state index contributed by atoms with van der Waals surface area (Å²) in [6.07, 6.45) is 0.301. The molecule has 1 atom stereocenters. The molecule has 0 spiro atoms. The molecule has 0 aliphatic heterocycles. The fourth-order valence-electron chi connectivity index (χ4n) is 2.75. The first kappa shape index (κ1) is 16.0. The third-order valence-electron chi connectivity index (χ3n) is 3.98. The van der Waals surface area contributed by atoms with E-state index in [9.17, 15) is 4.79 Å². The highest BCUT2D eigenvalue weighted by atomic mass is 16.4. The summed E-state index contributed by atoms with van der Waals surface area (Å²) in [7, 11) is 0. The molecular formula is C21H19NO2. The Kier molecular flexibility index (Phi) is 4.73. The van der Waals surface area contributed by atoms with Crippen molar-refractivity contribution in [3.05, 3.63) is 84.4 Å². The zero-order valence-corrected chi connectivity index (χ0v) is 13.2. The van der Waals surface area contributed by atoms with Crippen LogP contribution in [0.3, 0.4) is 0 Å². The molecule has 0 aromatic heterocycles. The Morgan fingerprint density at radius 1 is 0.792 bits per heavy atom. The molecule has 3 N–H and O–H groups in total. The normalized spacial score (nSPS) is 11.9. The maximum Gasteiger partial charge on any atom is 0.320 e. The fourth-order valence-corrected chi connectivity index (χ4v) is 2.75. The Morgan fingerprint density at radius 2 is 1.25 bits per heavy atom. The van der Waals surface area contributed by atoms with Crippen LogP contribution in [-0.4, -0.2) is 17.1 Å². The largest absolute Gasteiger partial charge is 0.480 e. The van der Waals surface area contributed by atoms with Crippen molar-refractivity contribution in [2.75, 3.05) is 0 Å². The van der Waals surface area contributed by atoms with Gasteiger partial charge >= 0.3 is 5.97 Å². The smallest absolute Gasteiger partial charge is 0.320 e. The summed E-state index contributed by atoms with van der Waals surface area (Å²) in [4.78, 5) is 11.1. The molecule has 0 radical (unpaired) electrons. The minimum atomic E-state index is -0.985. The predicted molar refractivity (Wildman–Crippen MR) is 96.6 cm³/mol. The number of nitrogens with two attached hydrogens (primary N) is 1. The lowest BCUT2D eigenvalue weighted by Gasteiger charge is -2.12. The molecule has 24 heavy (non-hydrogen) atoms. The molecule has 3 rings (SSSR count). The highest BCUT2D eigenvalue weighted by Crippen LogP contribution is 2.28. The Balaban J connectivity index is 2.07. The third kappa shape index (κ3) is 3.70. The second-order valence-corrected chi connectivity index (χ2v) is 5.80. The van der Waals surface area contributed by atoms with Crippen LogP contribution in [0.5, 0.6) is 0 Å². The van der Waals surface area contributed by atoms with E-state index >= 15 is 0 Å². The second kappa shape index (κ2) is 7.11. The first-order chi connectivity index (χ1) is 11.6. The Morgan fingerprint density at radius 3 is 1.67 bits per heavy atom. The Labute approximate surface area is 141 Å². The van der Waals surface area contributed by atoms with Crippen LogP contribution in [0.25, 0.3) is 22.3 Å². The van der Waals surface area contributed by atoms with E-state index in [1.807, 2.05) is 72.8 Å². The van der Waals surface area contributed by atoms with Gasteiger partial charge in [0.1, 0.15) is 6.04 Å². The molecule has 0 heterocycles. The number of carboxylic acids is 1. The Bertz CT molecular complexity index is 771. The molecule has 3 aromatic rings. The molecule has 0 amide bonds. The van der Waals surface area contributed by atoms with Crippen LogP contribution >= 0.6 is 0 Å². The van der Waals surface area contributed by atoms with Crippen LogP contribution in [0, 0.1) is 0 Å². The summed E-state index contributed by atoms with van der Waals surface area (Å²) in [5.74, 6) is -0.985. The van der Waals surface area contributed by atoms with Crippen molar-refractivity contribution >= 4 is 5.97 Å². The molecule has 0 unspecified atom stereocenters. The highest BCUT2D eigenvalue weighted by molar-refractivity contribution is 5.76. The Hall–Kier alpha value is -2.91. The van der Waals surface area contributed by atoms with Gasteiger partial charge in [-0.15, -0.1) is 0 Å². The van der Waals surface area contributed by atoms with Crippen LogP contribution in [0.2, 0.25) is 0 Å². The molecule has 0 aliphatic carbocycles. The lowest BCUT2D eigenvalue weighted by Crippen LogP contribution is -2.32. The topological polar surface area (TPSA) is 63.3 Å². The maximum absolute atomic E-state index is 11.1. The molecule has 3 nitrogen and oxygen atoms in total. The maximum atomic E-state index is 11.1. The van der Waals surface area contributed by atoms with Crippen LogP contribution in [0.1, 0.15) is 5.56 Å². The van der Waals surface area contributed by atoms with E-state index in [0.29, 0.717) is 6.42 Å². The summed E-state index contributed by atoms with van der Waals surface area (Å²) >= 11 is 0. The molecule has 0 fully saturated rings. The van der Waals surface area contributed by atoms with Gasteiger partial charge < -0.3 is 10.8 Å². The summed E-state index contributed by atoms with van der Waals surface area (Å²) in [5, 5.41) is 9.09. The summed E-state index contributed by atoms with van der Waals surface area (Å²) in [5.41, 5.74) is 11.0. The quantitative estimate of drug-likeness (QED) is 0.748. The summed E-state index contributed by atoms with van der Waals surface area (Å²) < 4.78 is 0. The lowest BCUT2D eigenvalue weighted by molar-refractivity contribution is -0.138. The van der Waals surface area contributed by atoms with Gasteiger partial charge in [-0.3, -0.25) is 4.79 Å². The van der Waals surface area contributed by atoms with E-state index in [1.54, 1.807) is 0 Å². The van der Waals surface area contributed by atoms with Crippen molar-refractivity contribution < 1.29 is 9.90 Å². The number of rotatable bonds is 5. The zero-order valence-electron chi connectivity index (χ0n) is 13.2. The SMILES string of the molecule is N[C@@H](Cc1cc(-c2ccccc2)cc(-c2ccccc2)c1)C(=O)O. The van der Waals surface area contributed by atoms with E-state index in [4.69, 9.17) is 10.8 Å². The van der Waals surface area contributed by atoms with Gasteiger partial charge in [0.05, 0.1) is 0 Å². The molecule has 0 aliphatic rings. The van der Waals surface area contributed by atoms with Crippen LogP contribution in [-0.2, 0) is 11.2 Å². The van der Waals surface area contributed by atoms with Crippen molar-refractivity contribution in [3.8, 4) is 22.3 Å². The van der Waals surface area contributed by atoms with Crippen molar-refractivity contribution in [1.82, 2.24) is 0 Å². The van der Waals surface area contributed by atoms with Gasteiger partial charge in [0.15, 0.2) is 0 Å². The predicted octanol–water partition coefficient (Wildman–Crippen LogP) is 3.98. The number of hydrogen-bond donors (Lipinski definition) is 2. The number of carboxylic acid groups (broad SMARTS) is 1. The van der Waals surface area contributed by atoms with Gasteiger partial charge in [0, 0.05) is 0 Å². The van der Waals surface area contributed by atoms with Crippen molar-refractivity contribution in [1.29, 1.82) is 0 Å². The standard InChI is InChI=1S/C21H19NO2/c22-20(21(23)24)13-15-11-18(16-7-3-1-4-8-16)14-19(12-15)17-9-5-2-6-10-17/h1-12,14,20H,13,22H2,(H,23,24)/t20-/m0/s1. The summed E-state index contributed by atoms with van der Waals surface area (Å²) in [6.45, 7) is 0. The van der Waals surface area contributed by atoms with E-state index in [1.165, 1.54) is 0 Å². The van der Waals surface area contributed by atoms with Gasteiger partial charge in [-0.25, -0.2) is 0 Å². The monoisotopic (exact) mass is 317 g/mol. The van der Waals surface area contributed by atoms with E-state index in [-0.39, 0.29) is 0 Å². The second-order valence-electron chi connectivity index (χ2n) is 5.80. The van der Waals surface area contributed by atoms with Gasteiger partial charge in [-0.1, -0.05) is 72.8 Å². The molecule has 3 heteroatoms. The van der Waals surface area contributed by atoms with Gasteiger partial charge in [0.25, 0.3) is 0 Å². The van der Waals surface area contributed by atoms with E-state index in [0.717, 1.165) is 27.8 Å². The van der Waals surface area contributed by atoms with Crippen LogP contribution in [0.15, 0.2) is 78.9 Å². The number of aliphatic carboxylic acids is 1. The average molecular weight is 317 g/mol. The van der Waals surface area contributed by atoms with Crippen LogP contribution < -0.4 is 5.73 Å². The number of carbonyl (C=O) groups is 1. The molecule has 0 bridgehead atoms.